The molecule has 0 saturated carbocycles. The van der Waals surface area contributed by atoms with Crippen molar-refractivity contribution in [2.75, 3.05) is 13.1 Å². The van der Waals surface area contributed by atoms with Gasteiger partial charge in [0.25, 0.3) is 11.8 Å². The molecule has 1 fully saturated rings. The first kappa shape index (κ1) is 18.8. The fourth-order valence-corrected chi connectivity index (χ4v) is 2.79. The number of aromatic nitrogens is 2. The van der Waals surface area contributed by atoms with Gasteiger partial charge in [-0.2, -0.15) is 23.5 Å². The van der Waals surface area contributed by atoms with Crippen molar-refractivity contribution in [3.63, 3.8) is 0 Å². The summed E-state index contributed by atoms with van der Waals surface area (Å²) in [5.41, 5.74) is -1.07. The van der Waals surface area contributed by atoms with Gasteiger partial charge in [-0.15, -0.1) is 0 Å². The smallest absolute Gasteiger partial charge is 0.338 e. The Kier molecular flexibility index (Phi) is 4.63. The van der Waals surface area contributed by atoms with Crippen molar-refractivity contribution < 1.29 is 26.7 Å². The second-order valence-electron chi connectivity index (χ2n) is 6.14. The highest BCUT2D eigenvalue weighted by atomic mass is 19.4. The molecule has 0 aliphatic carbocycles. The molecule has 0 spiro atoms. The molecule has 0 bridgehead atoms. The molecule has 0 atom stereocenters. The number of amides is 1. The molecule has 10 heteroatoms. The van der Waals surface area contributed by atoms with Gasteiger partial charge in [-0.3, -0.25) is 4.79 Å². The zero-order valence-electron chi connectivity index (χ0n) is 13.8. The number of halogens is 5. The number of hydrogen-bond acceptors (Lipinski definition) is 3. The van der Waals surface area contributed by atoms with E-state index in [1.165, 1.54) is 23.1 Å². The molecule has 0 unspecified atom stereocenters. The van der Waals surface area contributed by atoms with Gasteiger partial charge >= 0.3 is 6.18 Å². The number of alkyl halides is 5. The van der Waals surface area contributed by atoms with E-state index >= 15 is 0 Å². The van der Waals surface area contributed by atoms with Crippen LogP contribution >= 0.6 is 0 Å². The number of benzene rings is 1. The van der Waals surface area contributed by atoms with Gasteiger partial charge in [0.2, 0.25) is 0 Å². The standard InChI is InChI=1S/C17H13F5N4O/c18-16(19)4-7-25(8-5-16)15(27)12-2-1-11(10-23)9-13(12)26-6-3-14(24-26)17(20,21)22/h1-3,6,9H,4-5,7-8H2. The summed E-state index contributed by atoms with van der Waals surface area (Å²) in [7, 11) is 0. The van der Waals surface area contributed by atoms with E-state index in [2.05, 4.69) is 5.10 Å². The maximum atomic E-state index is 13.3. The predicted octanol–water partition coefficient (Wildman–Crippen LogP) is 3.63. The van der Waals surface area contributed by atoms with Crippen LogP contribution in [0.1, 0.15) is 34.5 Å². The maximum Gasteiger partial charge on any atom is 0.435 e. The number of nitrogens with zero attached hydrogens (tertiary/aromatic N) is 4. The van der Waals surface area contributed by atoms with Crippen LogP contribution in [-0.2, 0) is 6.18 Å². The van der Waals surface area contributed by atoms with Crippen LogP contribution in [0.15, 0.2) is 30.5 Å². The zero-order chi connectivity index (χ0) is 19.8. The fourth-order valence-electron chi connectivity index (χ4n) is 2.79. The van der Waals surface area contributed by atoms with E-state index in [4.69, 9.17) is 5.26 Å². The van der Waals surface area contributed by atoms with Crippen molar-refractivity contribution in [1.82, 2.24) is 14.7 Å². The fraction of sp³-hybridized carbons (Fsp3) is 0.353. The van der Waals surface area contributed by atoms with Crippen molar-refractivity contribution in [3.8, 4) is 11.8 Å². The van der Waals surface area contributed by atoms with Gasteiger partial charge in [0.1, 0.15) is 0 Å². The second-order valence-corrected chi connectivity index (χ2v) is 6.14. The molecule has 1 aliphatic rings. The van der Waals surface area contributed by atoms with Crippen molar-refractivity contribution in [2.24, 2.45) is 0 Å². The normalized spacial score (nSPS) is 16.8. The molecule has 1 aromatic heterocycles. The Morgan fingerprint density at radius 3 is 2.41 bits per heavy atom. The topological polar surface area (TPSA) is 61.9 Å². The van der Waals surface area contributed by atoms with E-state index in [0.717, 1.165) is 16.9 Å². The Labute approximate surface area is 150 Å². The van der Waals surface area contributed by atoms with Gasteiger partial charge in [0.15, 0.2) is 5.69 Å². The first-order valence-electron chi connectivity index (χ1n) is 7.95. The number of rotatable bonds is 2. The Bertz CT molecular complexity index is 903. The Hall–Kier alpha value is -2.96. The van der Waals surface area contributed by atoms with Gasteiger partial charge in [-0.25, -0.2) is 13.5 Å². The van der Waals surface area contributed by atoms with Crippen LogP contribution in [0, 0.1) is 11.3 Å². The van der Waals surface area contributed by atoms with Gasteiger partial charge < -0.3 is 4.90 Å². The minimum Gasteiger partial charge on any atom is -0.338 e. The van der Waals surface area contributed by atoms with Crippen LogP contribution in [0.25, 0.3) is 5.69 Å². The molecule has 1 amide bonds. The third-order valence-corrected chi connectivity index (χ3v) is 4.27. The van der Waals surface area contributed by atoms with Crippen molar-refractivity contribution in [2.45, 2.75) is 24.9 Å². The van der Waals surface area contributed by atoms with Gasteiger partial charge in [0.05, 0.1) is 22.9 Å². The number of nitriles is 1. The molecule has 2 heterocycles. The molecule has 0 radical (unpaired) electrons. The van der Waals surface area contributed by atoms with E-state index in [-0.39, 0.29) is 29.9 Å². The molecule has 27 heavy (non-hydrogen) atoms. The molecule has 5 nitrogen and oxygen atoms in total. The van der Waals surface area contributed by atoms with Crippen LogP contribution < -0.4 is 0 Å². The number of piperidine rings is 1. The summed E-state index contributed by atoms with van der Waals surface area (Å²) in [6.45, 7) is -0.337. The van der Waals surface area contributed by atoms with Crippen molar-refractivity contribution in [1.29, 1.82) is 5.26 Å². The maximum absolute atomic E-state index is 13.3. The third kappa shape index (κ3) is 3.92. The summed E-state index contributed by atoms with van der Waals surface area (Å²) in [4.78, 5) is 14.0. The van der Waals surface area contributed by atoms with Crippen molar-refractivity contribution in [3.05, 3.63) is 47.3 Å². The number of hydrogen-bond donors (Lipinski definition) is 0. The lowest BCUT2D eigenvalue weighted by Crippen LogP contribution is -2.43. The monoisotopic (exact) mass is 384 g/mol. The quantitative estimate of drug-likeness (QED) is 0.743. The SMILES string of the molecule is N#Cc1ccc(C(=O)N2CCC(F)(F)CC2)c(-n2ccc(C(F)(F)F)n2)c1. The predicted molar refractivity (Wildman–Crippen MR) is 83.4 cm³/mol. The van der Waals surface area contributed by atoms with E-state index in [9.17, 15) is 26.7 Å². The van der Waals surface area contributed by atoms with Crippen molar-refractivity contribution >= 4 is 5.91 Å². The first-order valence-corrected chi connectivity index (χ1v) is 7.95. The van der Waals surface area contributed by atoms with Gasteiger partial charge in [0, 0.05) is 32.1 Å². The van der Waals surface area contributed by atoms with E-state index < -0.39 is 36.5 Å². The van der Waals surface area contributed by atoms with E-state index in [1.807, 2.05) is 6.07 Å². The minimum absolute atomic E-state index is 0.0176. The molecular formula is C17H13F5N4O. The Balaban J connectivity index is 1.98. The lowest BCUT2D eigenvalue weighted by molar-refractivity contribution is -0.141. The van der Waals surface area contributed by atoms with Gasteiger partial charge in [-0.1, -0.05) is 0 Å². The highest BCUT2D eigenvalue weighted by molar-refractivity contribution is 5.98. The Morgan fingerprint density at radius 1 is 1.19 bits per heavy atom. The summed E-state index contributed by atoms with van der Waals surface area (Å²) >= 11 is 0. The van der Waals surface area contributed by atoms with Crippen LogP contribution in [0.4, 0.5) is 22.0 Å². The third-order valence-electron chi connectivity index (χ3n) is 4.27. The van der Waals surface area contributed by atoms with Gasteiger partial charge in [-0.05, 0) is 24.3 Å². The second kappa shape index (κ2) is 6.64. The largest absolute Gasteiger partial charge is 0.435 e. The molecule has 1 saturated heterocycles. The molecule has 1 aliphatic heterocycles. The highest BCUT2D eigenvalue weighted by Gasteiger charge is 2.37. The summed E-state index contributed by atoms with van der Waals surface area (Å²) < 4.78 is 65.9. The molecule has 0 N–H and O–H groups in total. The summed E-state index contributed by atoms with van der Waals surface area (Å²) in [5.74, 6) is -3.44. The molecular weight excluding hydrogens is 371 g/mol. The van der Waals surface area contributed by atoms with E-state index in [1.54, 1.807) is 0 Å². The molecule has 142 valence electrons. The lowest BCUT2D eigenvalue weighted by Gasteiger charge is -2.32. The molecule has 3 rings (SSSR count). The highest BCUT2D eigenvalue weighted by Crippen LogP contribution is 2.30. The van der Waals surface area contributed by atoms with E-state index in [0.29, 0.717) is 0 Å². The molecule has 1 aromatic carbocycles. The summed E-state index contributed by atoms with van der Waals surface area (Å²) in [6.07, 6.45) is -4.60. The first-order chi connectivity index (χ1) is 12.6. The summed E-state index contributed by atoms with van der Waals surface area (Å²) in [5, 5.41) is 12.5. The summed E-state index contributed by atoms with van der Waals surface area (Å²) in [6, 6.07) is 6.45. The number of carbonyl (C=O) groups is 1. The van der Waals surface area contributed by atoms with Crippen LogP contribution in [0.3, 0.4) is 0 Å². The van der Waals surface area contributed by atoms with Crippen LogP contribution in [-0.4, -0.2) is 39.6 Å². The number of carbonyl (C=O) groups excluding carboxylic acids is 1. The Morgan fingerprint density at radius 2 is 1.85 bits per heavy atom. The zero-order valence-corrected chi connectivity index (χ0v) is 13.8. The lowest BCUT2D eigenvalue weighted by atomic mass is 10.0. The average molecular weight is 384 g/mol. The number of likely N-dealkylation sites (tertiary alicyclic amines) is 1. The van der Waals surface area contributed by atoms with Crippen LogP contribution in [0.5, 0.6) is 0 Å². The molecule has 2 aromatic rings. The van der Waals surface area contributed by atoms with Crippen LogP contribution in [0.2, 0.25) is 0 Å². The minimum atomic E-state index is -4.67. The average Bonchev–Trinajstić information content (AvgIpc) is 3.11.